The Hall–Kier alpha value is -0.910. The Bertz CT molecular complexity index is 423. The molecule has 3 nitrogen and oxygen atoms in total. The van der Waals surface area contributed by atoms with Crippen LogP contribution >= 0.6 is 11.8 Å². The van der Waals surface area contributed by atoms with Crippen molar-refractivity contribution in [3.8, 4) is 0 Å². The second-order valence-electron chi connectivity index (χ2n) is 4.12. The molecule has 0 aliphatic carbocycles. The molecule has 1 rings (SSSR count). The predicted molar refractivity (Wildman–Crippen MR) is 69.9 cm³/mol. The number of rotatable bonds is 5. The van der Waals surface area contributed by atoms with Crippen LogP contribution in [0.5, 0.6) is 0 Å². The minimum absolute atomic E-state index is 0.0431. The molecule has 1 aromatic rings. The van der Waals surface area contributed by atoms with E-state index in [1.165, 1.54) is 13.0 Å². The van der Waals surface area contributed by atoms with Crippen LogP contribution in [0.15, 0.2) is 18.2 Å². The number of aliphatic hydroxyl groups excluding tert-OH is 2. The minimum atomic E-state index is -1.27. The average Bonchev–Trinajstić information content (AvgIpc) is 2.31. The molecular formula is C13H17FO3S. The van der Waals surface area contributed by atoms with Crippen molar-refractivity contribution < 1.29 is 19.4 Å². The molecule has 0 aliphatic rings. The van der Waals surface area contributed by atoms with Crippen molar-refractivity contribution in [1.29, 1.82) is 0 Å². The smallest absolute Gasteiger partial charge is 0.185 e. The van der Waals surface area contributed by atoms with Gasteiger partial charge in [0.1, 0.15) is 11.9 Å². The lowest BCUT2D eigenvalue weighted by Crippen LogP contribution is -2.20. The van der Waals surface area contributed by atoms with Crippen molar-refractivity contribution >= 4 is 16.9 Å². The third-order valence-electron chi connectivity index (χ3n) is 2.62. The van der Waals surface area contributed by atoms with Gasteiger partial charge in [0.2, 0.25) is 0 Å². The first-order valence-electron chi connectivity index (χ1n) is 5.68. The van der Waals surface area contributed by atoms with Crippen LogP contribution in [-0.4, -0.2) is 27.2 Å². The molecule has 0 aliphatic heterocycles. The highest BCUT2D eigenvalue weighted by molar-refractivity contribution is 8.13. The molecular weight excluding hydrogens is 255 g/mol. The lowest BCUT2D eigenvalue weighted by Gasteiger charge is -2.19. The van der Waals surface area contributed by atoms with Crippen molar-refractivity contribution in [2.45, 2.75) is 32.5 Å². The van der Waals surface area contributed by atoms with Gasteiger partial charge < -0.3 is 10.2 Å². The molecule has 100 valence electrons. The van der Waals surface area contributed by atoms with Crippen molar-refractivity contribution in [1.82, 2.24) is 0 Å². The Morgan fingerprint density at radius 2 is 2.11 bits per heavy atom. The van der Waals surface area contributed by atoms with Crippen LogP contribution in [0.25, 0.3) is 0 Å². The van der Waals surface area contributed by atoms with Gasteiger partial charge in [-0.05, 0) is 18.9 Å². The van der Waals surface area contributed by atoms with Gasteiger partial charge in [-0.3, -0.25) is 4.79 Å². The van der Waals surface area contributed by atoms with Gasteiger partial charge in [0.25, 0.3) is 0 Å². The molecule has 0 aromatic heterocycles. The van der Waals surface area contributed by atoms with Crippen LogP contribution in [0.1, 0.15) is 30.6 Å². The summed E-state index contributed by atoms with van der Waals surface area (Å²) in [5.41, 5.74) is 0.521. The average molecular weight is 272 g/mol. The van der Waals surface area contributed by atoms with E-state index in [-0.39, 0.29) is 17.1 Å². The molecule has 0 bridgehead atoms. The summed E-state index contributed by atoms with van der Waals surface area (Å²) in [7, 11) is 0. The zero-order valence-corrected chi connectivity index (χ0v) is 11.2. The maximum Gasteiger partial charge on any atom is 0.185 e. The lowest BCUT2D eigenvalue weighted by molar-refractivity contribution is -0.109. The summed E-state index contributed by atoms with van der Waals surface area (Å²) in [6.45, 7) is 3.04. The van der Waals surface area contributed by atoms with E-state index < -0.39 is 18.0 Å². The summed E-state index contributed by atoms with van der Waals surface area (Å²) in [5.74, 6) is -0.0932. The number of halogens is 1. The first-order chi connectivity index (χ1) is 8.43. The number of benzene rings is 1. The van der Waals surface area contributed by atoms with Gasteiger partial charge in [-0.15, -0.1) is 0 Å². The number of carbonyl (C=O) groups excluding carboxylic acids is 1. The first kappa shape index (κ1) is 15.1. The number of hydrogen-bond donors (Lipinski definition) is 2. The highest BCUT2D eigenvalue weighted by Gasteiger charge is 2.22. The fourth-order valence-corrected chi connectivity index (χ4v) is 2.23. The number of hydrogen-bond acceptors (Lipinski definition) is 4. The molecule has 2 N–H and O–H groups in total. The highest BCUT2D eigenvalue weighted by atomic mass is 32.2. The van der Waals surface area contributed by atoms with Crippen LogP contribution in [-0.2, 0) is 4.79 Å². The monoisotopic (exact) mass is 272 g/mol. The summed E-state index contributed by atoms with van der Waals surface area (Å²) in [5, 5.41) is 19.6. The molecule has 2 atom stereocenters. The van der Waals surface area contributed by atoms with E-state index in [0.29, 0.717) is 11.3 Å². The second kappa shape index (κ2) is 6.87. The molecule has 0 amide bonds. The van der Waals surface area contributed by atoms with Crippen LogP contribution in [0.3, 0.4) is 0 Å². The largest absolute Gasteiger partial charge is 0.390 e. The maximum atomic E-state index is 13.7. The molecule has 0 saturated heterocycles. The number of thioether (sulfide) groups is 1. The highest BCUT2D eigenvalue weighted by Crippen LogP contribution is 2.24. The van der Waals surface area contributed by atoms with Crippen LogP contribution in [0, 0.1) is 12.7 Å². The molecule has 0 saturated carbocycles. The van der Waals surface area contributed by atoms with Gasteiger partial charge in [-0.25, -0.2) is 4.39 Å². The lowest BCUT2D eigenvalue weighted by atomic mass is 10.00. The van der Waals surface area contributed by atoms with Gasteiger partial charge in [0.05, 0.1) is 6.10 Å². The Balaban J connectivity index is 2.65. The standard InChI is InChI=1S/C13H17FO3S/c1-8-4-3-5-10(12(8)14)13(17)11(16)6-7-18-9(2)15/h3-5,11,13,16-17H,6-7H2,1-2H3. The van der Waals surface area contributed by atoms with Crippen molar-refractivity contribution in [2.24, 2.45) is 0 Å². The number of carbonyl (C=O) groups is 1. The third-order valence-corrected chi connectivity index (χ3v) is 3.47. The first-order valence-corrected chi connectivity index (χ1v) is 6.66. The van der Waals surface area contributed by atoms with E-state index in [2.05, 4.69) is 0 Å². The minimum Gasteiger partial charge on any atom is -0.390 e. The van der Waals surface area contributed by atoms with Crippen LogP contribution in [0.2, 0.25) is 0 Å². The number of aryl methyl sites for hydroxylation is 1. The fourth-order valence-electron chi connectivity index (χ4n) is 1.59. The molecule has 0 spiro atoms. The van der Waals surface area contributed by atoms with Gasteiger partial charge in [-0.2, -0.15) is 0 Å². The van der Waals surface area contributed by atoms with Gasteiger partial charge in [0.15, 0.2) is 5.12 Å². The summed E-state index contributed by atoms with van der Waals surface area (Å²) in [6.07, 6.45) is -2.11. The van der Waals surface area contributed by atoms with E-state index in [1.54, 1.807) is 19.1 Å². The van der Waals surface area contributed by atoms with Crippen molar-refractivity contribution in [3.63, 3.8) is 0 Å². The zero-order valence-electron chi connectivity index (χ0n) is 10.4. The van der Waals surface area contributed by atoms with Gasteiger partial charge in [-0.1, -0.05) is 30.0 Å². The third kappa shape index (κ3) is 4.08. The number of aliphatic hydroxyl groups is 2. The molecule has 1 aromatic carbocycles. The van der Waals surface area contributed by atoms with E-state index in [1.807, 2.05) is 0 Å². The predicted octanol–water partition coefficient (Wildman–Crippen LogP) is 2.20. The molecule has 18 heavy (non-hydrogen) atoms. The molecule has 5 heteroatoms. The SMILES string of the molecule is CC(=O)SCCC(O)C(O)c1cccc(C)c1F. The van der Waals surface area contributed by atoms with Crippen LogP contribution < -0.4 is 0 Å². The summed E-state index contributed by atoms with van der Waals surface area (Å²) in [4.78, 5) is 10.7. The molecule has 0 radical (unpaired) electrons. The van der Waals surface area contributed by atoms with Gasteiger partial charge >= 0.3 is 0 Å². The Kier molecular flexibility index (Phi) is 5.78. The fraction of sp³-hybridized carbons (Fsp3) is 0.462. The molecule has 0 fully saturated rings. The summed E-state index contributed by atoms with van der Waals surface area (Å²) >= 11 is 1.08. The summed E-state index contributed by atoms with van der Waals surface area (Å²) < 4.78 is 13.7. The quantitative estimate of drug-likeness (QED) is 0.862. The Morgan fingerprint density at radius 3 is 2.72 bits per heavy atom. The normalized spacial score (nSPS) is 14.3. The van der Waals surface area contributed by atoms with Crippen molar-refractivity contribution in [2.75, 3.05) is 5.75 Å². The second-order valence-corrected chi connectivity index (χ2v) is 5.39. The van der Waals surface area contributed by atoms with E-state index in [4.69, 9.17) is 0 Å². The zero-order chi connectivity index (χ0) is 13.7. The topological polar surface area (TPSA) is 57.5 Å². The van der Waals surface area contributed by atoms with E-state index in [0.717, 1.165) is 11.8 Å². The molecule has 2 unspecified atom stereocenters. The van der Waals surface area contributed by atoms with Gasteiger partial charge in [0, 0.05) is 18.2 Å². The Labute approximate surface area is 110 Å². The van der Waals surface area contributed by atoms with Crippen LogP contribution in [0.4, 0.5) is 4.39 Å². The Morgan fingerprint density at radius 1 is 1.44 bits per heavy atom. The maximum absolute atomic E-state index is 13.7. The van der Waals surface area contributed by atoms with Crippen molar-refractivity contribution in [3.05, 3.63) is 35.1 Å². The van der Waals surface area contributed by atoms with E-state index in [9.17, 15) is 19.4 Å². The van der Waals surface area contributed by atoms with E-state index >= 15 is 0 Å². The summed E-state index contributed by atoms with van der Waals surface area (Å²) in [6, 6.07) is 4.69. The molecule has 0 heterocycles.